The molecule has 1 aliphatic rings. The van der Waals surface area contributed by atoms with E-state index >= 15 is 0 Å². The summed E-state index contributed by atoms with van der Waals surface area (Å²) in [5.41, 5.74) is 9.06. The van der Waals surface area contributed by atoms with Gasteiger partial charge in [0.05, 0.1) is 18.8 Å². The number of aliphatic hydroxyl groups excluding tert-OH is 2. The van der Waals surface area contributed by atoms with Crippen LogP contribution in [-0.2, 0) is 6.42 Å². The van der Waals surface area contributed by atoms with Gasteiger partial charge in [0.25, 0.3) is 0 Å². The number of nitrogens with two attached hydrogens (primary N) is 1. The van der Waals surface area contributed by atoms with Crippen molar-refractivity contribution in [1.29, 1.82) is 0 Å². The second-order valence-corrected chi connectivity index (χ2v) is 7.86. The zero-order valence-corrected chi connectivity index (χ0v) is 16.3. The van der Waals surface area contributed by atoms with Crippen molar-refractivity contribution in [3.05, 3.63) is 59.2 Å². The van der Waals surface area contributed by atoms with Gasteiger partial charge < -0.3 is 15.9 Å². The number of rotatable bonds is 10. The summed E-state index contributed by atoms with van der Waals surface area (Å²) in [6.45, 7) is 4.15. The highest BCUT2D eigenvalue weighted by Crippen LogP contribution is 2.33. The van der Waals surface area contributed by atoms with E-state index in [1.165, 1.54) is 42.4 Å². The van der Waals surface area contributed by atoms with Crippen molar-refractivity contribution in [1.82, 2.24) is 0 Å². The summed E-state index contributed by atoms with van der Waals surface area (Å²) in [6, 6.07) is 8.69. The van der Waals surface area contributed by atoms with E-state index in [0.717, 1.165) is 6.42 Å². The zero-order valence-electron chi connectivity index (χ0n) is 16.3. The minimum atomic E-state index is -0.891. The van der Waals surface area contributed by atoms with E-state index in [9.17, 15) is 10.2 Å². The van der Waals surface area contributed by atoms with Gasteiger partial charge in [0, 0.05) is 5.92 Å². The summed E-state index contributed by atoms with van der Waals surface area (Å²) in [5.74, 6) is 0.949. The van der Waals surface area contributed by atoms with E-state index in [1.54, 1.807) is 0 Å². The van der Waals surface area contributed by atoms with Crippen LogP contribution in [0, 0.1) is 5.92 Å². The van der Waals surface area contributed by atoms with Gasteiger partial charge in [-0.2, -0.15) is 0 Å². The molecule has 144 valence electrons. The molecule has 1 aromatic carbocycles. The number of aliphatic hydroxyl groups is 2. The van der Waals surface area contributed by atoms with E-state index in [4.69, 9.17) is 5.73 Å². The predicted molar refractivity (Wildman–Crippen MR) is 109 cm³/mol. The van der Waals surface area contributed by atoms with Crippen LogP contribution in [-0.4, -0.2) is 29.0 Å². The summed E-state index contributed by atoms with van der Waals surface area (Å²) in [7, 11) is 0. The van der Waals surface area contributed by atoms with Crippen molar-refractivity contribution in [2.75, 3.05) is 13.2 Å². The molecule has 2 atom stereocenters. The summed E-state index contributed by atoms with van der Waals surface area (Å²) in [6.07, 6.45) is 13.5. The summed E-state index contributed by atoms with van der Waals surface area (Å²) in [5, 5.41) is 18.6. The molecule has 0 spiro atoms. The first-order valence-corrected chi connectivity index (χ1v) is 9.99. The van der Waals surface area contributed by atoms with Gasteiger partial charge in [-0.05, 0) is 42.7 Å². The average Bonchev–Trinajstić information content (AvgIpc) is 2.67. The van der Waals surface area contributed by atoms with Crippen LogP contribution in [0.2, 0.25) is 0 Å². The highest BCUT2D eigenvalue weighted by Gasteiger charge is 2.23. The van der Waals surface area contributed by atoms with E-state index in [0.29, 0.717) is 18.3 Å². The van der Waals surface area contributed by atoms with Crippen molar-refractivity contribution < 1.29 is 10.2 Å². The highest BCUT2D eigenvalue weighted by atomic mass is 16.3. The quantitative estimate of drug-likeness (QED) is 0.552. The van der Waals surface area contributed by atoms with Gasteiger partial charge in [-0.1, -0.05) is 74.8 Å². The highest BCUT2D eigenvalue weighted by molar-refractivity contribution is 5.35. The molecule has 0 aromatic heterocycles. The maximum atomic E-state index is 9.30. The fraction of sp³-hybridized carbons (Fsp3) is 0.565. The SMILES string of the molecule is CCCCCC1=CC(C)C(c2ccc(CCC(N)(CO)CO)cc2)C=C1. The van der Waals surface area contributed by atoms with Crippen LogP contribution in [0.4, 0.5) is 0 Å². The first-order chi connectivity index (χ1) is 12.5. The maximum Gasteiger partial charge on any atom is 0.0633 e. The standard InChI is InChI=1S/C23H35NO2/c1-3-4-5-6-20-9-12-22(18(2)15-20)21-10-7-19(8-11-21)13-14-23(24,16-25)17-26/h7-12,15,18,22,25-26H,3-6,13-14,16-17,24H2,1-2H3. The molecule has 1 aromatic rings. The third-order valence-electron chi connectivity index (χ3n) is 5.54. The molecule has 3 heteroatoms. The van der Waals surface area contributed by atoms with E-state index < -0.39 is 5.54 Å². The van der Waals surface area contributed by atoms with Crippen LogP contribution in [0.25, 0.3) is 0 Å². The van der Waals surface area contributed by atoms with Crippen LogP contribution in [0.1, 0.15) is 63.0 Å². The Morgan fingerprint density at radius 2 is 1.73 bits per heavy atom. The summed E-state index contributed by atoms with van der Waals surface area (Å²) in [4.78, 5) is 0. The van der Waals surface area contributed by atoms with Gasteiger partial charge in [0.2, 0.25) is 0 Å². The minimum Gasteiger partial charge on any atom is -0.394 e. The summed E-state index contributed by atoms with van der Waals surface area (Å²) >= 11 is 0. The lowest BCUT2D eigenvalue weighted by atomic mass is 9.81. The van der Waals surface area contributed by atoms with E-state index in [-0.39, 0.29) is 13.2 Å². The lowest BCUT2D eigenvalue weighted by Gasteiger charge is -2.25. The molecular weight excluding hydrogens is 322 g/mol. The number of unbranched alkanes of at least 4 members (excludes halogenated alkanes) is 2. The van der Waals surface area contributed by atoms with Gasteiger partial charge in [0.15, 0.2) is 0 Å². The molecular formula is C23H35NO2. The van der Waals surface area contributed by atoms with Crippen molar-refractivity contribution in [2.24, 2.45) is 11.7 Å². The van der Waals surface area contributed by atoms with Crippen molar-refractivity contribution in [3.63, 3.8) is 0 Å². The lowest BCUT2D eigenvalue weighted by molar-refractivity contribution is 0.115. The van der Waals surface area contributed by atoms with Crippen LogP contribution < -0.4 is 5.73 Å². The maximum absolute atomic E-state index is 9.30. The topological polar surface area (TPSA) is 66.5 Å². The third kappa shape index (κ3) is 5.80. The molecule has 0 aliphatic heterocycles. The molecule has 3 nitrogen and oxygen atoms in total. The molecule has 0 saturated carbocycles. The smallest absolute Gasteiger partial charge is 0.0633 e. The number of benzene rings is 1. The Balaban J connectivity index is 1.93. The lowest BCUT2D eigenvalue weighted by Crippen LogP contribution is -2.47. The Labute approximate surface area is 158 Å². The largest absolute Gasteiger partial charge is 0.394 e. The Morgan fingerprint density at radius 1 is 1.04 bits per heavy atom. The van der Waals surface area contributed by atoms with Crippen molar-refractivity contribution >= 4 is 0 Å². The predicted octanol–water partition coefficient (Wildman–Crippen LogP) is 4.10. The number of hydrogen-bond acceptors (Lipinski definition) is 3. The Kier molecular flexibility index (Phi) is 8.08. The fourth-order valence-corrected chi connectivity index (χ4v) is 3.57. The Bertz CT molecular complexity index is 599. The van der Waals surface area contributed by atoms with Crippen molar-refractivity contribution in [3.8, 4) is 0 Å². The van der Waals surface area contributed by atoms with E-state index in [1.807, 2.05) is 0 Å². The molecule has 0 radical (unpaired) electrons. The molecule has 0 heterocycles. The monoisotopic (exact) mass is 357 g/mol. The zero-order chi connectivity index (χ0) is 19.0. The molecule has 2 unspecified atom stereocenters. The van der Waals surface area contributed by atoms with Crippen LogP contribution >= 0.6 is 0 Å². The number of hydrogen-bond donors (Lipinski definition) is 3. The Hall–Kier alpha value is -1.42. The third-order valence-corrected chi connectivity index (χ3v) is 5.54. The second-order valence-electron chi connectivity index (χ2n) is 7.86. The normalized spacial score (nSPS) is 20.3. The van der Waals surface area contributed by atoms with Gasteiger partial charge in [-0.15, -0.1) is 0 Å². The first-order valence-electron chi connectivity index (χ1n) is 9.99. The molecule has 4 N–H and O–H groups in total. The van der Waals surface area contributed by atoms with E-state index in [2.05, 4.69) is 56.3 Å². The molecule has 0 amide bonds. The Morgan fingerprint density at radius 3 is 2.31 bits per heavy atom. The molecule has 0 fully saturated rings. The first kappa shape index (κ1) is 20.9. The number of aryl methyl sites for hydroxylation is 1. The van der Waals surface area contributed by atoms with Crippen LogP contribution in [0.15, 0.2) is 48.1 Å². The van der Waals surface area contributed by atoms with Gasteiger partial charge in [-0.3, -0.25) is 0 Å². The van der Waals surface area contributed by atoms with Crippen molar-refractivity contribution in [2.45, 2.75) is 63.8 Å². The molecule has 2 rings (SSSR count). The van der Waals surface area contributed by atoms with Crippen LogP contribution in [0.5, 0.6) is 0 Å². The molecule has 0 bridgehead atoms. The van der Waals surface area contributed by atoms with Crippen LogP contribution in [0.3, 0.4) is 0 Å². The fourth-order valence-electron chi connectivity index (χ4n) is 3.57. The number of allylic oxidation sites excluding steroid dienone is 4. The summed E-state index contributed by atoms with van der Waals surface area (Å²) < 4.78 is 0. The van der Waals surface area contributed by atoms with Gasteiger partial charge in [-0.25, -0.2) is 0 Å². The molecule has 0 saturated heterocycles. The average molecular weight is 358 g/mol. The van der Waals surface area contributed by atoms with Gasteiger partial charge >= 0.3 is 0 Å². The molecule has 1 aliphatic carbocycles. The molecule has 26 heavy (non-hydrogen) atoms. The minimum absolute atomic E-state index is 0.196. The second kappa shape index (κ2) is 10.1. The van der Waals surface area contributed by atoms with Gasteiger partial charge in [0.1, 0.15) is 0 Å².